The molecule has 1 aromatic heterocycles. The molecule has 0 fully saturated rings. The van der Waals surface area contributed by atoms with E-state index in [1.54, 1.807) is 16.2 Å². The Morgan fingerprint density at radius 3 is 2.31 bits per heavy atom. The molecule has 26 heavy (non-hydrogen) atoms. The Morgan fingerprint density at radius 2 is 1.73 bits per heavy atom. The van der Waals surface area contributed by atoms with Crippen LogP contribution in [0.1, 0.15) is 44.1 Å². The molecule has 0 aliphatic rings. The van der Waals surface area contributed by atoms with Gasteiger partial charge in [-0.3, -0.25) is 9.59 Å². The van der Waals surface area contributed by atoms with Gasteiger partial charge in [-0.25, -0.2) is 0 Å². The Morgan fingerprint density at radius 1 is 1.00 bits per heavy atom. The summed E-state index contributed by atoms with van der Waals surface area (Å²) in [5.41, 5.74) is 1.09. The van der Waals surface area contributed by atoms with Crippen LogP contribution in [0.25, 0.3) is 0 Å². The van der Waals surface area contributed by atoms with Gasteiger partial charge in [-0.2, -0.15) is 0 Å². The molecule has 0 aliphatic heterocycles. The number of thiophene rings is 1. The van der Waals surface area contributed by atoms with Gasteiger partial charge in [-0.1, -0.05) is 50.2 Å². The fourth-order valence-corrected chi connectivity index (χ4v) is 3.51. The van der Waals surface area contributed by atoms with Crippen molar-refractivity contribution in [3.8, 4) is 0 Å². The van der Waals surface area contributed by atoms with E-state index in [1.165, 1.54) is 0 Å². The Hall–Kier alpha value is -2.14. The summed E-state index contributed by atoms with van der Waals surface area (Å²) in [6, 6.07) is 14.1. The molecule has 5 heteroatoms. The highest BCUT2D eigenvalue weighted by molar-refractivity contribution is 7.09. The molecule has 4 nitrogen and oxygen atoms in total. The van der Waals surface area contributed by atoms with Crippen molar-refractivity contribution in [2.24, 2.45) is 0 Å². The Bertz CT molecular complexity index is 685. The molecule has 0 N–H and O–H groups in total. The Kier molecular flexibility index (Phi) is 7.85. The van der Waals surface area contributed by atoms with Crippen molar-refractivity contribution < 1.29 is 9.59 Å². The minimum Gasteiger partial charge on any atom is -0.332 e. The highest BCUT2D eigenvalue weighted by atomic mass is 32.1. The fourth-order valence-electron chi connectivity index (χ4n) is 2.79. The van der Waals surface area contributed by atoms with E-state index in [0.29, 0.717) is 19.5 Å². The second-order valence-electron chi connectivity index (χ2n) is 6.45. The molecular weight excluding hydrogens is 344 g/mol. The highest BCUT2D eigenvalue weighted by Crippen LogP contribution is 2.16. The average Bonchev–Trinajstić information content (AvgIpc) is 3.18. The lowest BCUT2D eigenvalue weighted by molar-refractivity contribution is -0.142. The van der Waals surface area contributed by atoms with Crippen LogP contribution in [0.2, 0.25) is 0 Å². The van der Waals surface area contributed by atoms with E-state index >= 15 is 0 Å². The molecule has 140 valence electrons. The van der Waals surface area contributed by atoms with Crippen LogP contribution in [-0.2, 0) is 22.7 Å². The lowest BCUT2D eigenvalue weighted by Crippen LogP contribution is -2.46. The van der Waals surface area contributed by atoms with E-state index in [-0.39, 0.29) is 24.4 Å². The lowest BCUT2D eigenvalue weighted by atomic mass is 10.2. The smallest absolute Gasteiger partial charge is 0.242 e. The molecule has 1 unspecified atom stereocenters. The van der Waals surface area contributed by atoms with Crippen LogP contribution in [-0.4, -0.2) is 34.2 Å². The maximum Gasteiger partial charge on any atom is 0.242 e. The predicted octanol–water partition coefficient (Wildman–Crippen LogP) is 4.31. The number of hydrogen-bond acceptors (Lipinski definition) is 3. The summed E-state index contributed by atoms with van der Waals surface area (Å²) in [4.78, 5) is 30.1. The first kappa shape index (κ1) is 20.2. The first-order valence-electron chi connectivity index (χ1n) is 9.18. The van der Waals surface area contributed by atoms with Crippen LogP contribution in [0.5, 0.6) is 0 Å². The first-order valence-corrected chi connectivity index (χ1v) is 10.1. The van der Waals surface area contributed by atoms with E-state index in [2.05, 4.69) is 0 Å². The molecular formula is C21H28N2O2S. The number of amides is 2. The number of nitrogens with zero attached hydrogens (tertiary/aromatic N) is 2. The number of hydrogen-bond donors (Lipinski definition) is 0. The minimum atomic E-state index is -0.00986. The van der Waals surface area contributed by atoms with E-state index in [4.69, 9.17) is 0 Å². The van der Waals surface area contributed by atoms with Gasteiger partial charge in [-0.05, 0) is 30.4 Å². The molecule has 1 heterocycles. The quantitative estimate of drug-likeness (QED) is 0.658. The third-order valence-corrected chi connectivity index (χ3v) is 5.41. The monoisotopic (exact) mass is 372 g/mol. The largest absolute Gasteiger partial charge is 0.332 e. The molecule has 0 spiro atoms. The molecule has 2 aromatic rings. The molecule has 0 radical (unpaired) electrons. The summed E-state index contributed by atoms with van der Waals surface area (Å²) in [5.74, 6) is 0.0211. The van der Waals surface area contributed by atoms with Crippen LogP contribution in [0, 0.1) is 0 Å². The zero-order chi connectivity index (χ0) is 18.9. The summed E-state index contributed by atoms with van der Waals surface area (Å²) in [6.45, 7) is 7.14. The van der Waals surface area contributed by atoms with E-state index in [0.717, 1.165) is 16.9 Å². The molecule has 1 atom stereocenters. The van der Waals surface area contributed by atoms with Crippen molar-refractivity contribution in [2.45, 2.75) is 52.7 Å². The fraction of sp³-hybridized carbons (Fsp3) is 0.429. The van der Waals surface area contributed by atoms with E-state index < -0.39 is 0 Å². The first-order chi connectivity index (χ1) is 12.5. The number of rotatable bonds is 9. The van der Waals surface area contributed by atoms with Crippen LogP contribution in [0.4, 0.5) is 0 Å². The van der Waals surface area contributed by atoms with Gasteiger partial charge < -0.3 is 9.80 Å². The Balaban J connectivity index is 2.16. The van der Waals surface area contributed by atoms with Gasteiger partial charge in [0.1, 0.15) is 6.54 Å². The Labute approximate surface area is 160 Å². The molecule has 2 rings (SSSR count). The SMILES string of the molecule is CCC(=O)N(CC(=O)N(Cc1ccccc1)Cc1cccs1)C(C)CC. The van der Waals surface area contributed by atoms with Crippen molar-refractivity contribution in [3.05, 3.63) is 58.3 Å². The molecule has 1 aromatic carbocycles. The number of carbonyl (C=O) groups is 2. The summed E-state index contributed by atoms with van der Waals surface area (Å²) in [6.07, 6.45) is 1.25. The van der Waals surface area contributed by atoms with E-state index in [1.807, 2.05) is 73.5 Å². The highest BCUT2D eigenvalue weighted by Gasteiger charge is 2.24. The van der Waals surface area contributed by atoms with E-state index in [9.17, 15) is 9.59 Å². The van der Waals surface area contributed by atoms with Crippen molar-refractivity contribution >= 4 is 23.2 Å². The van der Waals surface area contributed by atoms with Crippen LogP contribution in [0.15, 0.2) is 47.8 Å². The van der Waals surface area contributed by atoms with Gasteiger partial charge in [0.2, 0.25) is 11.8 Å². The second-order valence-corrected chi connectivity index (χ2v) is 7.48. The average molecular weight is 373 g/mol. The van der Waals surface area contributed by atoms with Crippen molar-refractivity contribution in [1.82, 2.24) is 9.80 Å². The van der Waals surface area contributed by atoms with Crippen molar-refractivity contribution in [3.63, 3.8) is 0 Å². The maximum atomic E-state index is 13.1. The second kappa shape index (κ2) is 10.1. The van der Waals surface area contributed by atoms with Crippen LogP contribution in [0.3, 0.4) is 0 Å². The topological polar surface area (TPSA) is 40.6 Å². The minimum absolute atomic E-state index is 0.00986. The third kappa shape index (κ3) is 5.70. The lowest BCUT2D eigenvalue weighted by Gasteiger charge is -2.31. The van der Waals surface area contributed by atoms with Crippen LogP contribution < -0.4 is 0 Å². The summed E-state index contributed by atoms with van der Waals surface area (Å²) in [5, 5.41) is 2.02. The number of benzene rings is 1. The molecule has 0 aliphatic carbocycles. The van der Waals surface area contributed by atoms with Gasteiger partial charge in [-0.15, -0.1) is 11.3 Å². The summed E-state index contributed by atoms with van der Waals surface area (Å²) < 4.78 is 0. The van der Waals surface area contributed by atoms with Gasteiger partial charge in [0, 0.05) is 23.9 Å². The molecule has 0 saturated carbocycles. The zero-order valence-corrected chi connectivity index (χ0v) is 16.7. The van der Waals surface area contributed by atoms with Crippen molar-refractivity contribution in [2.75, 3.05) is 6.54 Å². The number of carbonyl (C=O) groups excluding carboxylic acids is 2. The van der Waals surface area contributed by atoms with Gasteiger partial charge in [0.05, 0.1) is 6.54 Å². The van der Waals surface area contributed by atoms with Gasteiger partial charge in [0.25, 0.3) is 0 Å². The van der Waals surface area contributed by atoms with Gasteiger partial charge >= 0.3 is 0 Å². The molecule has 2 amide bonds. The standard InChI is InChI=1S/C21H28N2O2S/c1-4-17(3)23(20(24)5-2)16-21(25)22(15-19-12-9-13-26-19)14-18-10-7-6-8-11-18/h6-13,17H,4-5,14-16H2,1-3H3. The van der Waals surface area contributed by atoms with Crippen LogP contribution >= 0.6 is 11.3 Å². The van der Waals surface area contributed by atoms with Crippen molar-refractivity contribution in [1.29, 1.82) is 0 Å². The summed E-state index contributed by atoms with van der Waals surface area (Å²) >= 11 is 1.65. The summed E-state index contributed by atoms with van der Waals surface area (Å²) in [7, 11) is 0. The zero-order valence-electron chi connectivity index (χ0n) is 15.9. The normalized spacial score (nSPS) is 11.8. The maximum absolute atomic E-state index is 13.1. The third-order valence-electron chi connectivity index (χ3n) is 4.55. The molecule has 0 saturated heterocycles. The molecule has 0 bridgehead atoms. The predicted molar refractivity (Wildman–Crippen MR) is 107 cm³/mol. The van der Waals surface area contributed by atoms with Gasteiger partial charge in [0.15, 0.2) is 0 Å².